The molecule has 1 amide bonds. The zero-order valence-electron chi connectivity index (χ0n) is 10.3. The largest absolute Gasteiger partial charge is 0.368 e. The van der Waals surface area contributed by atoms with Crippen LogP contribution in [0.1, 0.15) is 12.8 Å². The van der Waals surface area contributed by atoms with Crippen molar-refractivity contribution < 1.29 is 4.79 Å². The highest BCUT2D eigenvalue weighted by atomic mass is 16.2. The fourth-order valence-corrected chi connectivity index (χ4v) is 1.84. The van der Waals surface area contributed by atoms with Gasteiger partial charge < -0.3 is 16.4 Å². The minimum Gasteiger partial charge on any atom is -0.368 e. The first-order chi connectivity index (χ1) is 9.24. The van der Waals surface area contributed by atoms with E-state index in [0.717, 1.165) is 18.2 Å². The van der Waals surface area contributed by atoms with Gasteiger partial charge in [0.05, 0.1) is 11.6 Å². The topological polar surface area (TPSA) is 122 Å². The van der Waals surface area contributed by atoms with Gasteiger partial charge in [-0.25, -0.2) is 0 Å². The van der Waals surface area contributed by atoms with Crippen LogP contribution < -0.4 is 16.4 Å². The maximum absolute atomic E-state index is 11.4. The average Bonchev–Trinajstić information content (AvgIpc) is 3.13. The second-order valence-electron chi connectivity index (χ2n) is 4.55. The molecule has 5 N–H and O–H groups in total. The molecule has 0 spiro atoms. The number of aromatic nitrogens is 4. The molecule has 8 nitrogen and oxygen atoms in total. The summed E-state index contributed by atoms with van der Waals surface area (Å²) in [6.45, 7) is 1.13. The van der Waals surface area contributed by atoms with E-state index in [1.807, 2.05) is 0 Å². The zero-order valence-corrected chi connectivity index (χ0v) is 10.3. The van der Waals surface area contributed by atoms with Crippen LogP contribution >= 0.6 is 0 Å². The van der Waals surface area contributed by atoms with E-state index in [4.69, 9.17) is 5.73 Å². The lowest BCUT2D eigenvalue weighted by molar-refractivity contribution is -0.122. The molecule has 0 bridgehead atoms. The number of anilines is 2. The molecule has 1 saturated carbocycles. The summed E-state index contributed by atoms with van der Waals surface area (Å²) in [6, 6.07) is 0. The first-order valence-corrected chi connectivity index (χ1v) is 6.22. The number of nitrogens with zero attached hydrogens (tertiary/aromatic N) is 3. The summed E-state index contributed by atoms with van der Waals surface area (Å²) in [5.41, 5.74) is 6.20. The van der Waals surface area contributed by atoms with Gasteiger partial charge in [0.1, 0.15) is 5.82 Å². The van der Waals surface area contributed by atoms with Crippen LogP contribution in [0.25, 0.3) is 11.0 Å². The molecular formula is C11H15N7O. The van der Waals surface area contributed by atoms with E-state index in [2.05, 4.69) is 30.8 Å². The van der Waals surface area contributed by atoms with Gasteiger partial charge >= 0.3 is 0 Å². The van der Waals surface area contributed by atoms with Crippen LogP contribution in [0.5, 0.6) is 0 Å². The molecule has 0 unspecified atom stereocenters. The highest BCUT2D eigenvalue weighted by molar-refractivity contribution is 5.86. The minimum absolute atomic E-state index is 0.137. The third kappa shape index (κ3) is 2.56. The third-order valence-electron chi connectivity index (χ3n) is 2.99. The molecule has 0 radical (unpaired) electrons. The fourth-order valence-electron chi connectivity index (χ4n) is 1.84. The molecule has 3 rings (SSSR count). The number of nitrogens with one attached hydrogen (secondary N) is 3. The Labute approximate surface area is 109 Å². The maximum atomic E-state index is 11.4. The smallest absolute Gasteiger partial charge is 0.224 e. The molecule has 2 heterocycles. The summed E-state index contributed by atoms with van der Waals surface area (Å²) in [4.78, 5) is 19.6. The molecule has 1 fully saturated rings. The molecule has 19 heavy (non-hydrogen) atoms. The number of fused-ring (bicyclic) bond motifs is 1. The molecule has 0 aliphatic heterocycles. The van der Waals surface area contributed by atoms with Crippen LogP contribution in [0, 0.1) is 5.92 Å². The second kappa shape index (κ2) is 4.71. The molecule has 1 aliphatic rings. The summed E-state index contributed by atoms with van der Waals surface area (Å²) < 4.78 is 0. The summed E-state index contributed by atoms with van der Waals surface area (Å²) in [5, 5.41) is 13.4. The number of hydrogen-bond donors (Lipinski definition) is 4. The Morgan fingerprint density at radius 3 is 3.05 bits per heavy atom. The molecule has 8 heteroatoms. The van der Waals surface area contributed by atoms with Crippen molar-refractivity contribution in [1.82, 2.24) is 25.5 Å². The molecule has 1 aliphatic carbocycles. The number of carbonyl (C=O) groups excluding carboxylic acids is 1. The van der Waals surface area contributed by atoms with Gasteiger partial charge in [0, 0.05) is 19.0 Å². The number of carbonyl (C=O) groups is 1. The zero-order chi connectivity index (χ0) is 13.2. The number of aromatic amines is 1. The first kappa shape index (κ1) is 11.7. The number of nitrogens with two attached hydrogens (primary N) is 1. The van der Waals surface area contributed by atoms with Crippen molar-refractivity contribution in [2.75, 3.05) is 24.1 Å². The number of H-pyrrole nitrogens is 1. The van der Waals surface area contributed by atoms with E-state index >= 15 is 0 Å². The molecule has 2 aromatic rings. The van der Waals surface area contributed by atoms with Gasteiger partial charge in [-0.3, -0.25) is 9.89 Å². The van der Waals surface area contributed by atoms with Crippen molar-refractivity contribution in [2.24, 2.45) is 5.92 Å². The van der Waals surface area contributed by atoms with Crippen LogP contribution in [0.3, 0.4) is 0 Å². The average molecular weight is 261 g/mol. The van der Waals surface area contributed by atoms with Crippen LogP contribution in [0.2, 0.25) is 0 Å². The van der Waals surface area contributed by atoms with Crippen molar-refractivity contribution in [3.8, 4) is 0 Å². The van der Waals surface area contributed by atoms with Gasteiger partial charge in [-0.15, -0.1) is 0 Å². The van der Waals surface area contributed by atoms with Crippen LogP contribution in [0.15, 0.2) is 6.20 Å². The van der Waals surface area contributed by atoms with Crippen LogP contribution in [-0.4, -0.2) is 39.2 Å². The lowest BCUT2D eigenvalue weighted by atomic mass is 10.3. The summed E-state index contributed by atoms with van der Waals surface area (Å²) in [6.07, 6.45) is 3.66. The van der Waals surface area contributed by atoms with Gasteiger partial charge in [0.15, 0.2) is 5.65 Å². The Bertz CT molecular complexity index is 604. The lowest BCUT2D eigenvalue weighted by Gasteiger charge is -2.08. The van der Waals surface area contributed by atoms with E-state index in [-0.39, 0.29) is 17.8 Å². The number of nitrogen functional groups attached to an aromatic ring is 1. The summed E-state index contributed by atoms with van der Waals surface area (Å²) >= 11 is 0. The highest BCUT2D eigenvalue weighted by Gasteiger charge is 2.28. The van der Waals surface area contributed by atoms with Gasteiger partial charge in [-0.2, -0.15) is 15.1 Å². The predicted octanol–water partition coefficient (Wildman–Crippen LogP) is -0.127. The Kier molecular flexibility index (Phi) is 2.90. The van der Waals surface area contributed by atoms with Crippen LogP contribution in [-0.2, 0) is 4.79 Å². The summed E-state index contributed by atoms with van der Waals surface area (Å²) in [5.74, 6) is 1.17. The van der Waals surface area contributed by atoms with Gasteiger partial charge in [0.2, 0.25) is 11.9 Å². The summed E-state index contributed by atoms with van der Waals surface area (Å²) in [7, 11) is 0. The van der Waals surface area contributed by atoms with Gasteiger partial charge in [-0.1, -0.05) is 0 Å². The fraction of sp³-hybridized carbons (Fsp3) is 0.455. The maximum Gasteiger partial charge on any atom is 0.224 e. The van der Waals surface area contributed by atoms with Crippen molar-refractivity contribution in [1.29, 1.82) is 0 Å². The third-order valence-corrected chi connectivity index (χ3v) is 2.99. The SMILES string of the molecule is Nc1nc(NCCNC(=O)C2CC2)c2cn[nH]c2n1. The van der Waals surface area contributed by atoms with E-state index < -0.39 is 0 Å². The van der Waals surface area contributed by atoms with E-state index in [1.54, 1.807) is 6.20 Å². The number of hydrogen-bond acceptors (Lipinski definition) is 6. The Morgan fingerprint density at radius 1 is 1.42 bits per heavy atom. The van der Waals surface area contributed by atoms with Gasteiger partial charge in [0.25, 0.3) is 0 Å². The van der Waals surface area contributed by atoms with E-state index in [1.165, 1.54) is 0 Å². The highest BCUT2D eigenvalue weighted by Crippen LogP contribution is 2.28. The van der Waals surface area contributed by atoms with Crippen molar-refractivity contribution in [3.63, 3.8) is 0 Å². The normalized spacial score (nSPS) is 14.5. The molecule has 0 atom stereocenters. The predicted molar refractivity (Wildman–Crippen MR) is 70.3 cm³/mol. The quantitative estimate of drug-likeness (QED) is 0.556. The molecule has 0 saturated heterocycles. The Hall–Kier alpha value is -2.38. The monoisotopic (exact) mass is 261 g/mol. The standard InChI is InChI=1S/C11H15N7O/c12-11-16-8(7-5-15-18-9(7)17-11)13-3-4-14-10(19)6-1-2-6/h5-6H,1-4H2,(H,14,19)(H4,12,13,15,16,17,18). The molecular weight excluding hydrogens is 246 g/mol. The second-order valence-corrected chi connectivity index (χ2v) is 4.55. The molecule has 2 aromatic heterocycles. The lowest BCUT2D eigenvalue weighted by Crippen LogP contribution is -2.30. The van der Waals surface area contributed by atoms with Crippen molar-refractivity contribution in [3.05, 3.63) is 6.20 Å². The van der Waals surface area contributed by atoms with Crippen molar-refractivity contribution >= 4 is 28.7 Å². The Balaban J connectivity index is 1.58. The van der Waals surface area contributed by atoms with E-state index in [0.29, 0.717) is 24.6 Å². The Morgan fingerprint density at radius 2 is 2.26 bits per heavy atom. The minimum atomic E-state index is 0.137. The van der Waals surface area contributed by atoms with E-state index in [9.17, 15) is 4.79 Å². The van der Waals surface area contributed by atoms with Crippen LogP contribution in [0.4, 0.5) is 11.8 Å². The van der Waals surface area contributed by atoms with Gasteiger partial charge in [-0.05, 0) is 12.8 Å². The van der Waals surface area contributed by atoms with Crippen molar-refractivity contribution in [2.45, 2.75) is 12.8 Å². The molecule has 100 valence electrons. The number of amides is 1. The molecule has 0 aromatic carbocycles. The number of rotatable bonds is 5. The first-order valence-electron chi connectivity index (χ1n) is 6.22.